The zero-order chi connectivity index (χ0) is 18.0. The molecule has 8 heteroatoms. The lowest BCUT2D eigenvalue weighted by Gasteiger charge is -2.36. The molecule has 2 heterocycles. The van der Waals surface area contributed by atoms with Gasteiger partial charge < -0.3 is 15.3 Å². The molecule has 0 aromatic rings. The van der Waals surface area contributed by atoms with Gasteiger partial charge in [-0.25, -0.2) is 4.79 Å². The lowest BCUT2D eigenvalue weighted by Crippen LogP contribution is -2.50. The molecule has 2 aliphatic heterocycles. The number of hydrogen-bond acceptors (Lipinski definition) is 4. The maximum Gasteiger partial charge on any atom is 0.325 e. The van der Waals surface area contributed by atoms with Gasteiger partial charge >= 0.3 is 12.0 Å². The Morgan fingerprint density at radius 1 is 1.16 bits per heavy atom. The summed E-state index contributed by atoms with van der Waals surface area (Å²) in [6, 6.07) is -0.613. The quantitative estimate of drug-likeness (QED) is 0.721. The van der Waals surface area contributed by atoms with E-state index >= 15 is 0 Å². The molecule has 0 bridgehead atoms. The summed E-state index contributed by atoms with van der Waals surface area (Å²) in [6.07, 6.45) is 6.07. The van der Waals surface area contributed by atoms with Crippen LogP contribution in [0.5, 0.6) is 0 Å². The van der Waals surface area contributed by atoms with Crippen molar-refractivity contribution in [2.75, 3.05) is 13.1 Å². The van der Waals surface area contributed by atoms with E-state index in [-0.39, 0.29) is 30.8 Å². The Kier molecular flexibility index (Phi) is 4.96. The minimum absolute atomic E-state index is 0.0146. The largest absolute Gasteiger partial charge is 0.481 e. The Bertz CT molecular complexity index is 585. The standard InChI is InChI=1S/C17H25N3O5/c21-13(19-10-4-1-5-12(19)6-7-14(22)23)11-20-15(24)17(18-16(20)25)8-2-3-9-17/h12H,1-11H2,(H,18,25)(H,22,23). The van der Waals surface area contributed by atoms with Crippen LogP contribution in [0.25, 0.3) is 0 Å². The minimum Gasteiger partial charge on any atom is -0.481 e. The number of carbonyl (C=O) groups excluding carboxylic acids is 3. The van der Waals surface area contributed by atoms with Crippen molar-refractivity contribution in [3.63, 3.8) is 0 Å². The molecule has 1 saturated carbocycles. The predicted octanol–water partition coefficient (Wildman–Crippen LogP) is 1.10. The van der Waals surface area contributed by atoms with Gasteiger partial charge in [-0.05, 0) is 38.5 Å². The van der Waals surface area contributed by atoms with Crippen LogP contribution in [0.4, 0.5) is 4.79 Å². The zero-order valence-corrected chi connectivity index (χ0v) is 14.3. The fraction of sp³-hybridized carbons (Fsp3) is 0.765. The summed E-state index contributed by atoms with van der Waals surface area (Å²) in [4.78, 5) is 51.1. The molecule has 138 valence electrons. The van der Waals surface area contributed by atoms with Crippen LogP contribution < -0.4 is 5.32 Å². The summed E-state index contributed by atoms with van der Waals surface area (Å²) in [5.74, 6) is -1.44. The van der Waals surface area contributed by atoms with Crippen molar-refractivity contribution in [2.24, 2.45) is 0 Å². The second-order valence-electron chi connectivity index (χ2n) is 7.28. The van der Waals surface area contributed by atoms with Crippen LogP contribution in [0.2, 0.25) is 0 Å². The van der Waals surface area contributed by atoms with E-state index in [9.17, 15) is 19.2 Å². The number of carbonyl (C=O) groups is 4. The van der Waals surface area contributed by atoms with E-state index in [4.69, 9.17) is 5.11 Å². The summed E-state index contributed by atoms with van der Waals surface area (Å²) < 4.78 is 0. The van der Waals surface area contributed by atoms with Crippen LogP contribution in [0.1, 0.15) is 57.8 Å². The number of nitrogens with zero attached hydrogens (tertiary/aromatic N) is 2. The SMILES string of the molecule is O=C(O)CCC1CCCCN1C(=O)CN1C(=O)NC2(CCCC2)C1=O. The highest BCUT2D eigenvalue weighted by Gasteiger charge is 2.53. The molecule has 3 aliphatic rings. The number of piperidine rings is 1. The molecule has 8 nitrogen and oxygen atoms in total. The number of imide groups is 1. The number of nitrogens with one attached hydrogen (secondary N) is 1. The van der Waals surface area contributed by atoms with Gasteiger partial charge in [-0.3, -0.25) is 19.3 Å². The molecule has 3 rings (SSSR count). The number of amides is 4. The molecule has 25 heavy (non-hydrogen) atoms. The van der Waals surface area contributed by atoms with E-state index < -0.39 is 17.5 Å². The summed E-state index contributed by atoms with van der Waals surface area (Å²) in [6.45, 7) is 0.300. The second-order valence-corrected chi connectivity index (χ2v) is 7.28. The van der Waals surface area contributed by atoms with Gasteiger partial charge in [-0.2, -0.15) is 0 Å². The smallest absolute Gasteiger partial charge is 0.325 e. The number of aliphatic carboxylic acids is 1. The molecule has 2 saturated heterocycles. The van der Waals surface area contributed by atoms with Gasteiger partial charge in [0.15, 0.2) is 0 Å². The summed E-state index contributed by atoms with van der Waals surface area (Å²) in [5, 5.41) is 11.7. The molecule has 1 unspecified atom stereocenters. The van der Waals surface area contributed by atoms with Crippen molar-refractivity contribution < 1.29 is 24.3 Å². The van der Waals surface area contributed by atoms with Crippen molar-refractivity contribution in [3.05, 3.63) is 0 Å². The van der Waals surface area contributed by atoms with E-state index in [0.717, 1.165) is 37.0 Å². The maximum atomic E-state index is 12.7. The first-order chi connectivity index (χ1) is 11.9. The van der Waals surface area contributed by atoms with Gasteiger partial charge in [-0.1, -0.05) is 12.8 Å². The summed E-state index contributed by atoms with van der Waals surface area (Å²) in [5.41, 5.74) is -0.804. The van der Waals surface area contributed by atoms with Gasteiger partial charge in [0.2, 0.25) is 5.91 Å². The number of likely N-dealkylation sites (tertiary alicyclic amines) is 1. The monoisotopic (exact) mass is 351 g/mol. The number of carboxylic acids is 1. The van der Waals surface area contributed by atoms with Gasteiger partial charge in [-0.15, -0.1) is 0 Å². The van der Waals surface area contributed by atoms with Crippen LogP contribution in [-0.4, -0.2) is 63.4 Å². The van der Waals surface area contributed by atoms with Crippen LogP contribution >= 0.6 is 0 Å². The molecule has 0 aromatic heterocycles. The number of carboxylic acid groups (broad SMARTS) is 1. The maximum absolute atomic E-state index is 12.7. The van der Waals surface area contributed by atoms with Crippen LogP contribution in [-0.2, 0) is 14.4 Å². The number of urea groups is 1. The lowest BCUT2D eigenvalue weighted by molar-refractivity contribution is -0.142. The van der Waals surface area contributed by atoms with Crippen LogP contribution in [0, 0.1) is 0 Å². The van der Waals surface area contributed by atoms with Gasteiger partial charge in [0.25, 0.3) is 5.91 Å². The third-order valence-electron chi connectivity index (χ3n) is 5.64. The number of rotatable bonds is 5. The molecular weight excluding hydrogens is 326 g/mol. The lowest BCUT2D eigenvalue weighted by atomic mass is 9.97. The third kappa shape index (κ3) is 3.48. The first-order valence-electron chi connectivity index (χ1n) is 9.08. The Hall–Kier alpha value is -2.12. The zero-order valence-electron chi connectivity index (χ0n) is 14.3. The highest BCUT2D eigenvalue weighted by molar-refractivity contribution is 6.09. The summed E-state index contributed by atoms with van der Waals surface area (Å²) >= 11 is 0. The first-order valence-corrected chi connectivity index (χ1v) is 9.08. The topological polar surface area (TPSA) is 107 Å². The molecule has 1 atom stereocenters. The molecule has 1 spiro atoms. The van der Waals surface area contributed by atoms with E-state index in [0.29, 0.717) is 25.8 Å². The fourth-order valence-electron chi connectivity index (χ4n) is 4.28. The Balaban J connectivity index is 1.65. The predicted molar refractivity (Wildman–Crippen MR) is 87.7 cm³/mol. The molecule has 4 amide bonds. The van der Waals surface area contributed by atoms with E-state index in [2.05, 4.69) is 5.32 Å². The van der Waals surface area contributed by atoms with Crippen molar-refractivity contribution in [2.45, 2.75) is 69.4 Å². The Morgan fingerprint density at radius 2 is 1.88 bits per heavy atom. The third-order valence-corrected chi connectivity index (χ3v) is 5.64. The number of hydrogen-bond donors (Lipinski definition) is 2. The van der Waals surface area contributed by atoms with E-state index in [1.165, 1.54) is 0 Å². The highest BCUT2D eigenvalue weighted by Crippen LogP contribution is 2.35. The van der Waals surface area contributed by atoms with Gasteiger partial charge in [0.05, 0.1) is 0 Å². The fourth-order valence-corrected chi connectivity index (χ4v) is 4.28. The minimum atomic E-state index is -0.879. The molecular formula is C17H25N3O5. The van der Waals surface area contributed by atoms with Crippen LogP contribution in [0.15, 0.2) is 0 Å². The Morgan fingerprint density at radius 3 is 2.56 bits per heavy atom. The molecule has 0 radical (unpaired) electrons. The highest BCUT2D eigenvalue weighted by atomic mass is 16.4. The molecule has 3 fully saturated rings. The molecule has 0 aromatic carbocycles. The van der Waals surface area contributed by atoms with Gasteiger partial charge in [0.1, 0.15) is 12.1 Å². The normalized spacial score (nSPS) is 25.5. The van der Waals surface area contributed by atoms with E-state index in [1.807, 2.05) is 0 Å². The summed E-state index contributed by atoms with van der Waals surface area (Å²) in [7, 11) is 0. The average molecular weight is 351 g/mol. The van der Waals surface area contributed by atoms with Crippen molar-refractivity contribution >= 4 is 23.8 Å². The average Bonchev–Trinajstić information content (AvgIpc) is 3.14. The molecule has 2 N–H and O–H groups in total. The van der Waals surface area contributed by atoms with Crippen molar-refractivity contribution in [1.82, 2.24) is 15.1 Å². The van der Waals surface area contributed by atoms with Crippen molar-refractivity contribution in [1.29, 1.82) is 0 Å². The second kappa shape index (κ2) is 7.01. The molecule has 1 aliphatic carbocycles. The van der Waals surface area contributed by atoms with Crippen molar-refractivity contribution in [3.8, 4) is 0 Å². The van der Waals surface area contributed by atoms with Crippen LogP contribution in [0.3, 0.4) is 0 Å². The first kappa shape index (κ1) is 17.7. The van der Waals surface area contributed by atoms with Gasteiger partial charge in [0, 0.05) is 19.0 Å². The Labute approximate surface area is 146 Å². The van der Waals surface area contributed by atoms with E-state index in [1.54, 1.807) is 4.90 Å².